The molecule has 0 aliphatic heterocycles. The maximum atomic E-state index is 13.7. The number of aliphatic hydroxyl groups is 1. The molecular weight excluding hydrogens is 468 g/mol. The zero-order valence-electron chi connectivity index (χ0n) is 19.7. The Balaban J connectivity index is 2.20. The molecule has 2 atom stereocenters. The molecule has 3 aromatic rings. The zero-order valence-corrected chi connectivity index (χ0v) is 20.6. The van der Waals surface area contributed by atoms with Crippen LogP contribution in [0.3, 0.4) is 0 Å². The number of benzene rings is 2. The fourth-order valence-corrected chi connectivity index (χ4v) is 4.88. The van der Waals surface area contributed by atoms with Crippen LogP contribution in [0.15, 0.2) is 60.7 Å². The minimum absolute atomic E-state index is 0.0540. The lowest BCUT2D eigenvalue weighted by molar-refractivity contribution is -0.138. The number of hydrogen-bond acceptors (Lipinski definition) is 5. The minimum Gasteiger partial charge on any atom is -0.481 e. The van der Waals surface area contributed by atoms with E-state index in [4.69, 9.17) is 14.6 Å². The Morgan fingerprint density at radius 3 is 2.34 bits per heavy atom. The van der Waals surface area contributed by atoms with Gasteiger partial charge in [-0.25, -0.2) is 4.39 Å². The molecule has 8 heteroatoms. The summed E-state index contributed by atoms with van der Waals surface area (Å²) in [7, 11) is -2.47. The van der Waals surface area contributed by atoms with E-state index in [0.29, 0.717) is 28.1 Å². The standard InChI is InChI=1S/C27H27FNO5P/c1-18(2)27-23(13-14-35(33,34-3)17-22(30)15-26(31)32)24(19-9-11-21(28)12-10-19)16-25(29-27)20-7-5-4-6-8-20/h4-12,16,18,22,30H,15,17H2,1-3H3,(H,31,32)/t22-,35?/m0/s1. The van der Waals surface area contributed by atoms with E-state index >= 15 is 0 Å². The lowest BCUT2D eigenvalue weighted by Crippen LogP contribution is -2.17. The Morgan fingerprint density at radius 2 is 1.77 bits per heavy atom. The van der Waals surface area contributed by atoms with Crippen LogP contribution in [0.2, 0.25) is 0 Å². The van der Waals surface area contributed by atoms with E-state index in [2.05, 4.69) is 11.6 Å². The Kier molecular flexibility index (Phi) is 8.58. The lowest BCUT2D eigenvalue weighted by Gasteiger charge is -2.17. The number of hydrogen-bond donors (Lipinski definition) is 2. The number of rotatable bonds is 8. The summed E-state index contributed by atoms with van der Waals surface area (Å²) in [6.45, 7) is 3.92. The summed E-state index contributed by atoms with van der Waals surface area (Å²) in [5, 5.41) is 18.9. The first-order valence-electron chi connectivity index (χ1n) is 11.1. The van der Waals surface area contributed by atoms with Gasteiger partial charge in [0.05, 0.1) is 35.6 Å². The molecule has 2 N–H and O–H groups in total. The van der Waals surface area contributed by atoms with Crippen LogP contribution in [-0.4, -0.2) is 40.5 Å². The van der Waals surface area contributed by atoms with E-state index in [-0.39, 0.29) is 11.7 Å². The molecule has 6 nitrogen and oxygen atoms in total. The maximum absolute atomic E-state index is 13.7. The quantitative estimate of drug-likeness (QED) is 0.305. The molecule has 0 amide bonds. The molecular formula is C27H27FNO5P. The van der Waals surface area contributed by atoms with Crippen LogP contribution >= 0.6 is 7.37 Å². The third-order valence-electron chi connectivity index (χ3n) is 5.33. The fraction of sp³-hybridized carbons (Fsp3) is 0.259. The van der Waals surface area contributed by atoms with Crippen molar-refractivity contribution in [2.24, 2.45) is 0 Å². The third kappa shape index (κ3) is 6.86. The summed E-state index contributed by atoms with van der Waals surface area (Å²) < 4.78 is 32.0. The molecule has 2 aromatic carbocycles. The fourth-order valence-electron chi connectivity index (χ4n) is 3.58. The Morgan fingerprint density at radius 1 is 1.11 bits per heavy atom. The number of aliphatic hydroxyl groups excluding tert-OH is 1. The maximum Gasteiger partial charge on any atom is 0.305 e. The lowest BCUT2D eigenvalue weighted by atomic mass is 9.93. The summed E-state index contributed by atoms with van der Waals surface area (Å²) >= 11 is 0. The first kappa shape index (κ1) is 26.3. The van der Waals surface area contributed by atoms with E-state index in [1.54, 1.807) is 12.1 Å². The average Bonchev–Trinajstić information content (AvgIpc) is 2.82. The second kappa shape index (κ2) is 11.4. The molecule has 0 bridgehead atoms. The highest BCUT2D eigenvalue weighted by Gasteiger charge is 2.26. The van der Waals surface area contributed by atoms with Gasteiger partial charge in [-0.3, -0.25) is 14.3 Å². The second-order valence-electron chi connectivity index (χ2n) is 8.37. The Labute approximate surface area is 204 Å². The largest absolute Gasteiger partial charge is 0.481 e. The van der Waals surface area contributed by atoms with Crippen molar-refractivity contribution in [1.29, 1.82) is 0 Å². The van der Waals surface area contributed by atoms with E-state index < -0.39 is 32.0 Å². The van der Waals surface area contributed by atoms with E-state index in [1.807, 2.05) is 50.2 Å². The van der Waals surface area contributed by atoms with Crippen molar-refractivity contribution in [3.63, 3.8) is 0 Å². The topological polar surface area (TPSA) is 96.7 Å². The summed E-state index contributed by atoms with van der Waals surface area (Å²) in [6, 6.07) is 17.5. The highest BCUT2D eigenvalue weighted by atomic mass is 31.2. The highest BCUT2D eigenvalue weighted by Crippen LogP contribution is 2.46. The SMILES string of the molecule is COP(=O)(C#Cc1c(-c2ccc(F)cc2)cc(-c2ccccc2)nc1C(C)C)C[C@@H](O)CC(=O)O. The minimum atomic E-state index is -3.68. The van der Waals surface area contributed by atoms with Crippen LogP contribution in [0.25, 0.3) is 22.4 Å². The Bertz CT molecular complexity index is 1300. The predicted molar refractivity (Wildman–Crippen MR) is 134 cm³/mol. The van der Waals surface area contributed by atoms with Gasteiger partial charge in [-0.05, 0) is 35.3 Å². The van der Waals surface area contributed by atoms with Gasteiger partial charge in [-0.15, -0.1) is 0 Å². The molecule has 0 saturated heterocycles. The van der Waals surface area contributed by atoms with Crippen LogP contribution in [0.4, 0.5) is 4.39 Å². The molecule has 3 rings (SSSR count). The Hall–Kier alpha value is -3.30. The van der Waals surface area contributed by atoms with Crippen LogP contribution in [-0.2, 0) is 13.9 Å². The van der Waals surface area contributed by atoms with E-state index in [0.717, 1.165) is 5.56 Å². The number of aromatic nitrogens is 1. The molecule has 0 aliphatic carbocycles. The molecule has 1 heterocycles. The van der Waals surface area contributed by atoms with E-state index in [1.165, 1.54) is 19.2 Å². The normalized spacial score (nSPS) is 13.5. The summed E-state index contributed by atoms with van der Waals surface area (Å²) in [6.07, 6.45) is -2.35. The second-order valence-corrected chi connectivity index (χ2v) is 10.7. The number of carboxylic acids is 1. The number of carboxylic acid groups (broad SMARTS) is 1. The molecule has 182 valence electrons. The highest BCUT2D eigenvalue weighted by molar-refractivity contribution is 7.64. The summed E-state index contributed by atoms with van der Waals surface area (Å²) in [5.41, 5.74) is 6.83. The smallest absolute Gasteiger partial charge is 0.305 e. The van der Waals surface area contributed by atoms with Crippen molar-refractivity contribution < 1.29 is 28.5 Å². The van der Waals surface area contributed by atoms with Crippen LogP contribution in [0, 0.1) is 17.4 Å². The van der Waals surface area contributed by atoms with Gasteiger partial charge in [0.2, 0.25) is 0 Å². The first-order valence-corrected chi connectivity index (χ1v) is 12.9. The molecule has 0 radical (unpaired) electrons. The van der Waals surface area contributed by atoms with Gasteiger partial charge < -0.3 is 14.7 Å². The van der Waals surface area contributed by atoms with Crippen molar-refractivity contribution in [1.82, 2.24) is 4.98 Å². The third-order valence-corrected chi connectivity index (χ3v) is 7.27. The van der Waals surface area contributed by atoms with Crippen molar-refractivity contribution in [2.45, 2.75) is 32.3 Å². The zero-order chi connectivity index (χ0) is 25.6. The molecule has 0 saturated carbocycles. The number of carbonyl (C=O) groups is 1. The summed E-state index contributed by atoms with van der Waals surface area (Å²) in [5.74, 6) is 1.31. The van der Waals surface area contributed by atoms with Crippen molar-refractivity contribution in [2.75, 3.05) is 13.3 Å². The molecule has 0 fully saturated rings. The van der Waals surface area contributed by atoms with Gasteiger partial charge in [0, 0.05) is 18.2 Å². The van der Waals surface area contributed by atoms with Gasteiger partial charge in [-0.1, -0.05) is 62.2 Å². The molecule has 0 aliphatic rings. The van der Waals surface area contributed by atoms with Gasteiger partial charge >= 0.3 is 5.97 Å². The number of aliphatic carboxylic acids is 1. The van der Waals surface area contributed by atoms with Crippen molar-refractivity contribution in [3.05, 3.63) is 77.7 Å². The number of halogens is 1. The monoisotopic (exact) mass is 495 g/mol. The van der Waals surface area contributed by atoms with Gasteiger partial charge in [0.25, 0.3) is 7.37 Å². The van der Waals surface area contributed by atoms with Gasteiger partial charge in [0.1, 0.15) is 5.82 Å². The summed E-state index contributed by atoms with van der Waals surface area (Å²) in [4.78, 5) is 15.7. The molecule has 35 heavy (non-hydrogen) atoms. The number of pyridine rings is 1. The van der Waals surface area contributed by atoms with E-state index in [9.17, 15) is 18.9 Å². The van der Waals surface area contributed by atoms with Crippen molar-refractivity contribution >= 4 is 13.3 Å². The van der Waals surface area contributed by atoms with Gasteiger partial charge in [0.15, 0.2) is 0 Å². The van der Waals surface area contributed by atoms with Gasteiger partial charge in [-0.2, -0.15) is 0 Å². The van der Waals surface area contributed by atoms with Crippen LogP contribution in [0.5, 0.6) is 0 Å². The predicted octanol–water partition coefficient (Wildman–Crippen LogP) is 5.75. The first-order chi connectivity index (χ1) is 16.6. The number of nitrogens with zero attached hydrogens (tertiary/aromatic N) is 1. The molecule has 0 spiro atoms. The average molecular weight is 495 g/mol. The molecule has 1 unspecified atom stereocenters. The van der Waals surface area contributed by atoms with Crippen molar-refractivity contribution in [3.8, 4) is 34.0 Å². The van der Waals surface area contributed by atoms with Crippen LogP contribution < -0.4 is 0 Å². The van der Waals surface area contributed by atoms with Crippen LogP contribution in [0.1, 0.15) is 37.4 Å². The molecule has 1 aromatic heterocycles.